The standard InChI is InChI=1S/C14H17ClN2O3S/c1-21-12-5-4-10(7-11(12)15)16-14(20)17-6-2-3-9(8-17)13(18)19/h4-5,7,9H,2-3,6,8H2,1H3,(H,16,20)(H,18,19). The largest absolute Gasteiger partial charge is 0.481 e. The molecule has 1 aliphatic heterocycles. The van der Waals surface area contributed by atoms with Gasteiger partial charge < -0.3 is 15.3 Å². The van der Waals surface area contributed by atoms with Gasteiger partial charge in [-0.05, 0) is 37.3 Å². The molecule has 5 nitrogen and oxygen atoms in total. The number of aliphatic carboxylic acids is 1. The SMILES string of the molecule is CSc1ccc(NC(=O)N2CCCC(C(=O)O)C2)cc1Cl. The summed E-state index contributed by atoms with van der Waals surface area (Å²) >= 11 is 7.63. The normalized spacial score (nSPS) is 18.4. The molecular weight excluding hydrogens is 312 g/mol. The third-order valence-electron chi connectivity index (χ3n) is 3.46. The highest BCUT2D eigenvalue weighted by Gasteiger charge is 2.28. The quantitative estimate of drug-likeness (QED) is 0.834. The second kappa shape index (κ2) is 7.04. The number of halogens is 1. The van der Waals surface area contributed by atoms with Gasteiger partial charge in [-0.1, -0.05) is 11.6 Å². The molecule has 1 fully saturated rings. The zero-order valence-electron chi connectivity index (χ0n) is 11.6. The fourth-order valence-corrected chi connectivity index (χ4v) is 3.18. The number of piperidine rings is 1. The molecule has 1 saturated heterocycles. The summed E-state index contributed by atoms with van der Waals surface area (Å²) in [6.07, 6.45) is 3.25. The number of nitrogens with one attached hydrogen (secondary N) is 1. The average molecular weight is 329 g/mol. The van der Waals surface area contributed by atoms with Gasteiger partial charge in [0.25, 0.3) is 0 Å². The van der Waals surface area contributed by atoms with Gasteiger partial charge in [0.2, 0.25) is 0 Å². The first-order chi connectivity index (χ1) is 10.0. The third kappa shape index (κ3) is 4.04. The van der Waals surface area contributed by atoms with Crippen molar-refractivity contribution < 1.29 is 14.7 Å². The number of rotatable bonds is 3. The molecule has 2 rings (SSSR count). The molecule has 0 aliphatic carbocycles. The smallest absolute Gasteiger partial charge is 0.321 e. The molecule has 1 aliphatic rings. The fraction of sp³-hybridized carbons (Fsp3) is 0.429. The number of carbonyl (C=O) groups excluding carboxylic acids is 1. The Kier molecular flexibility index (Phi) is 5.36. The van der Waals surface area contributed by atoms with Crippen LogP contribution in [0.4, 0.5) is 10.5 Å². The molecule has 0 aromatic heterocycles. The van der Waals surface area contributed by atoms with E-state index in [2.05, 4.69) is 5.32 Å². The van der Waals surface area contributed by atoms with E-state index in [0.717, 1.165) is 4.90 Å². The van der Waals surface area contributed by atoms with Crippen molar-refractivity contribution in [2.45, 2.75) is 17.7 Å². The third-order valence-corrected chi connectivity index (χ3v) is 4.68. The Morgan fingerprint density at radius 3 is 2.86 bits per heavy atom. The van der Waals surface area contributed by atoms with E-state index in [1.807, 2.05) is 12.3 Å². The average Bonchev–Trinajstić information content (AvgIpc) is 2.47. The highest BCUT2D eigenvalue weighted by atomic mass is 35.5. The molecule has 2 N–H and O–H groups in total. The molecule has 114 valence electrons. The van der Waals surface area contributed by atoms with Crippen molar-refractivity contribution in [2.75, 3.05) is 24.7 Å². The molecule has 7 heteroatoms. The first-order valence-corrected chi connectivity index (χ1v) is 8.24. The van der Waals surface area contributed by atoms with Gasteiger partial charge in [0.05, 0.1) is 10.9 Å². The Morgan fingerprint density at radius 2 is 2.24 bits per heavy atom. The van der Waals surface area contributed by atoms with Gasteiger partial charge in [-0.15, -0.1) is 11.8 Å². The molecule has 1 aromatic rings. The van der Waals surface area contributed by atoms with Crippen molar-refractivity contribution in [3.8, 4) is 0 Å². The summed E-state index contributed by atoms with van der Waals surface area (Å²) in [5, 5.41) is 12.4. The van der Waals surface area contributed by atoms with E-state index >= 15 is 0 Å². The number of carboxylic acid groups (broad SMARTS) is 1. The molecule has 1 atom stereocenters. The van der Waals surface area contributed by atoms with E-state index in [0.29, 0.717) is 30.1 Å². The van der Waals surface area contributed by atoms with Crippen LogP contribution in [-0.4, -0.2) is 41.4 Å². The molecular formula is C14H17ClN2O3S. The maximum Gasteiger partial charge on any atom is 0.321 e. The summed E-state index contributed by atoms with van der Waals surface area (Å²) in [6.45, 7) is 0.823. The lowest BCUT2D eigenvalue weighted by molar-refractivity contribution is -0.143. The minimum Gasteiger partial charge on any atom is -0.481 e. The van der Waals surface area contributed by atoms with E-state index < -0.39 is 11.9 Å². The Balaban J connectivity index is 2.00. The van der Waals surface area contributed by atoms with Crippen LogP contribution in [0.2, 0.25) is 5.02 Å². The highest BCUT2D eigenvalue weighted by Crippen LogP contribution is 2.28. The van der Waals surface area contributed by atoms with Crippen molar-refractivity contribution in [3.05, 3.63) is 23.2 Å². The summed E-state index contributed by atoms with van der Waals surface area (Å²) in [7, 11) is 0. The number of likely N-dealkylation sites (tertiary alicyclic amines) is 1. The monoisotopic (exact) mass is 328 g/mol. The summed E-state index contributed by atoms with van der Waals surface area (Å²) in [6, 6.07) is 5.05. The summed E-state index contributed by atoms with van der Waals surface area (Å²) in [5.41, 5.74) is 0.611. The molecule has 21 heavy (non-hydrogen) atoms. The summed E-state index contributed by atoms with van der Waals surface area (Å²) in [4.78, 5) is 25.7. The number of carbonyl (C=O) groups is 2. The van der Waals surface area contributed by atoms with Crippen LogP contribution < -0.4 is 5.32 Å². The van der Waals surface area contributed by atoms with Crippen LogP contribution in [-0.2, 0) is 4.79 Å². The van der Waals surface area contributed by atoms with Crippen LogP contribution in [0.15, 0.2) is 23.1 Å². The molecule has 0 bridgehead atoms. The summed E-state index contributed by atoms with van der Waals surface area (Å²) < 4.78 is 0. The first-order valence-electron chi connectivity index (χ1n) is 6.63. The zero-order valence-corrected chi connectivity index (χ0v) is 13.2. The van der Waals surface area contributed by atoms with Crippen molar-refractivity contribution >= 4 is 41.1 Å². The van der Waals surface area contributed by atoms with Crippen molar-refractivity contribution in [3.63, 3.8) is 0 Å². The predicted molar refractivity (Wildman–Crippen MR) is 84.2 cm³/mol. The van der Waals surface area contributed by atoms with Crippen LogP contribution in [0.25, 0.3) is 0 Å². The van der Waals surface area contributed by atoms with Gasteiger partial charge in [-0.3, -0.25) is 4.79 Å². The molecule has 0 radical (unpaired) electrons. The topological polar surface area (TPSA) is 69.6 Å². The van der Waals surface area contributed by atoms with Crippen LogP contribution >= 0.6 is 23.4 Å². The predicted octanol–water partition coefficient (Wildman–Crippen LogP) is 3.39. The van der Waals surface area contributed by atoms with E-state index in [-0.39, 0.29) is 12.6 Å². The fourth-order valence-electron chi connectivity index (χ4n) is 2.31. The minimum absolute atomic E-state index is 0.248. The zero-order chi connectivity index (χ0) is 15.4. The van der Waals surface area contributed by atoms with E-state index in [9.17, 15) is 9.59 Å². The summed E-state index contributed by atoms with van der Waals surface area (Å²) in [5.74, 6) is -1.33. The van der Waals surface area contributed by atoms with Gasteiger partial charge >= 0.3 is 12.0 Å². The molecule has 0 spiro atoms. The van der Waals surface area contributed by atoms with Gasteiger partial charge in [0.15, 0.2) is 0 Å². The van der Waals surface area contributed by atoms with E-state index in [1.54, 1.807) is 17.0 Å². The number of amides is 2. The van der Waals surface area contributed by atoms with Crippen LogP contribution in [0.1, 0.15) is 12.8 Å². The van der Waals surface area contributed by atoms with Crippen molar-refractivity contribution in [2.24, 2.45) is 5.92 Å². The van der Waals surface area contributed by atoms with Crippen molar-refractivity contribution in [1.29, 1.82) is 0 Å². The Hall–Kier alpha value is -1.40. The Bertz CT molecular complexity index is 553. The Labute approximate surface area is 132 Å². The lowest BCUT2D eigenvalue weighted by Crippen LogP contribution is -2.44. The second-order valence-corrected chi connectivity index (χ2v) is 6.16. The van der Waals surface area contributed by atoms with Gasteiger partial charge in [-0.2, -0.15) is 0 Å². The lowest BCUT2D eigenvalue weighted by atomic mass is 9.99. The van der Waals surface area contributed by atoms with Crippen molar-refractivity contribution in [1.82, 2.24) is 4.90 Å². The van der Waals surface area contributed by atoms with Gasteiger partial charge in [-0.25, -0.2) is 4.79 Å². The molecule has 2 amide bonds. The number of thioether (sulfide) groups is 1. The van der Waals surface area contributed by atoms with Crippen LogP contribution in [0.3, 0.4) is 0 Å². The highest BCUT2D eigenvalue weighted by molar-refractivity contribution is 7.98. The number of hydrogen-bond acceptors (Lipinski definition) is 3. The molecule has 1 unspecified atom stereocenters. The minimum atomic E-state index is -0.847. The molecule has 1 aromatic carbocycles. The molecule has 1 heterocycles. The second-order valence-electron chi connectivity index (χ2n) is 4.90. The van der Waals surface area contributed by atoms with Crippen LogP contribution in [0, 0.1) is 5.92 Å². The van der Waals surface area contributed by atoms with Gasteiger partial charge in [0.1, 0.15) is 0 Å². The van der Waals surface area contributed by atoms with Crippen LogP contribution in [0.5, 0.6) is 0 Å². The number of urea groups is 1. The van der Waals surface area contributed by atoms with E-state index in [4.69, 9.17) is 16.7 Å². The number of carboxylic acids is 1. The van der Waals surface area contributed by atoms with E-state index in [1.165, 1.54) is 11.8 Å². The number of hydrogen-bond donors (Lipinski definition) is 2. The van der Waals surface area contributed by atoms with Gasteiger partial charge in [0, 0.05) is 23.7 Å². The Morgan fingerprint density at radius 1 is 1.48 bits per heavy atom. The number of anilines is 1. The first kappa shape index (κ1) is 16.0. The molecule has 0 saturated carbocycles. The maximum atomic E-state index is 12.2. The number of benzene rings is 1. The number of nitrogens with zero attached hydrogens (tertiary/aromatic N) is 1. The maximum absolute atomic E-state index is 12.2. The lowest BCUT2D eigenvalue weighted by Gasteiger charge is -2.30.